The highest BCUT2D eigenvalue weighted by atomic mass is 32.2. The Kier molecular flexibility index (Phi) is 6.39. The van der Waals surface area contributed by atoms with Gasteiger partial charge in [-0.15, -0.1) is 0 Å². The molecule has 3 aromatic rings. The number of ketones is 1. The van der Waals surface area contributed by atoms with Crippen molar-refractivity contribution in [3.8, 4) is 0 Å². The molecule has 2 aromatic heterocycles. The second kappa shape index (κ2) is 9.36. The third-order valence-corrected chi connectivity index (χ3v) is 6.73. The van der Waals surface area contributed by atoms with E-state index >= 15 is 0 Å². The van der Waals surface area contributed by atoms with Crippen molar-refractivity contribution in [1.82, 2.24) is 9.97 Å². The third-order valence-electron chi connectivity index (χ3n) is 4.77. The molecule has 30 heavy (non-hydrogen) atoms. The Morgan fingerprint density at radius 2 is 1.93 bits per heavy atom. The van der Waals surface area contributed by atoms with Gasteiger partial charge in [0.1, 0.15) is 10.8 Å². The van der Waals surface area contributed by atoms with Gasteiger partial charge in [-0.05, 0) is 43.2 Å². The summed E-state index contributed by atoms with van der Waals surface area (Å²) in [6.07, 6.45) is 6.97. The highest BCUT2D eigenvalue weighted by molar-refractivity contribution is 8.01. The van der Waals surface area contributed by atoms with Crippen molar-refractivity contribution < 1.29 is 14.0 Å². The Morgan fingerprint density at radius 1 is 1.10 bits per heavy atom. The molecule has 0 radical (unpaired) electrons. The van der Waals surface area contributed by atoms with Gasteiger partial charge in [0.15, 0.2) is 10.9 Å². The quantitative estimate of drug-likeness (QED) is 0.468. The van der Waals surface area contributed by atoms with E-state index in [1.807, 2.05) is 18.2 Å². The van der Waals surface area contributed by atoms with Crippen molar-refractivity contribution in [1.29, 1.82) is 0 Å². The van der Waals surface area contributed by atoms with E-state index in [4.69, 9.17) is 0 Å². The van der Waals surface area contributed by atoms with E-state index in [1.54, 1.807) is 12.4 Å². The number of rotatable bonds is 6. The van der Waals surface area contributed by atoms with E-state index < -0.39 is 11.8 Å². The highest BCUT2D eigenvalue weighted by Gasteiger charge is 2.26. The first-order chi connectivity index (χ1) is 14.6. The zero-order valence-electron chi connectivity index (χ0n) is 15.9. The van der Waals surface area contributed by atoms with Crippen molar-refractivity contribution in [2.24, 2.45) is 5.92 Å². The Hall–Kier alpha value is -2.78. The van der Waals surface area contributed by atoms with Gasteiger partial charge in [0, 0.05) is 17.7 Å². The second-order valence-corrected chi connectivity index (χ2v) is 9.22. The van der Waals surface area contributed by atoms with E-state index in [2.05, 4.69) is 20.6 Å². The molecule has 154 valence electrons. The molecule has 2 heterocycles. The number of hydrogen-bond acceptors (Lipinski definition) is 6. The number of urea groups is 1. The van der Waals surface area contributed by atoms with Crippen LogP contribution in [0.15, 0.2) is 58.0 Å². The normalized spacial score (nSPS) is 13.9. The standard InChI is InChI=1S/C21H19FN4O2S2/c22-14-8-9-16(15(11-14)19(27)13-5-1-2-6-13)25-20(28)26-21-24-12-18(30-21)29-17-7-3-4-10-23-17/h3-4,7-13H,1-2,5-6H2,(H2,24,25,26,28). The van der Waals surface area contributed by atoms with Gasteiger partial charge in [-0.1, -0.05) is 42.0 Å². The van der Waals surface area contributed by atoms with Gasteiger partial charge in [0.05, 0.1) is 16.1 Å². The van der Waals surface area contributed by atoms with Crippen molar-refractivity contribution in [2.75, 3.05) is 10.6 Å². The van der Waals surface area contributed by atoms with Gasteiger partial charge in [0.2, 0.25) is 0 Å². The number of Topliss-reactive ketones (excluding diaryl/α,β-unsaturated/α-hetero) is 1. The Morgan fingerprint density at radius 3 is 2.70 bits per heavy atom. The number of halogens is 1. The number of nitrogens with zero attached hydrogens (tertiary/aromatic N) is 2. The number of carbonyl (C=O) groups is 2. The van der Waals surface area contributed by atoms with Crippen LogP contribution >= 0.6 is 23.1 Å². The topological polar surface area (TPSA) is 84.0 Å². The smallest absolute Gasteiger partial charge is 0.307 e. The largest absolute Gasteiger partial charge is 0.325 e. The van der Waals surface area contributed by atoms with Crippen LogP contribution in [0, 0.1) is 11.7 Å². The third kappa shape index (κ3) is 5.03. The Labute approximate surface area is 181 Å². The predicted molar refractivity (Wildman–Crippen MR) is 116 cm³/mol. The molecule has 0 unspecified atom stereocenters. The summed E-state index contributed by atoms with van der Waals surface area (Å²) in [6.45, 7) is 0. The maximum Gasteiger partial charge on any atom is 0.325 e. The molecule has 9 heteroatoms. The first kappa shape index (κ1) is 20.5. The summed E-state index contributed by atoms with van der Waals surface area (Å²) in [5.41, 5.74) is 0.507. The van der Waals surface area contributed by atoms with Crippen molar-refractivity contribution in [3.63, 3.8) is 0 Å². The fourth-order valence-corrected chi connectivity index (χ4v) is 5.14. The molecule has 2 amide bonds. The van der Waals surface area contributed by atoms with E-state index in [0.29, 0.717) is 10.8 Å². The first-order valence-electron chi connectivity index (χ1n) is 9.55. The van der Waals surface area contributed by atoms with E-state index in [0.717, 1.165) is 34.9 Å². The number of aromatic nitrogens is 2. The minimum absolute atomic E-state index is 0.111. The molecule has 1 aliphatic carbocycles. The summed E-state index contributed by atoms with van der Waals surface area (Å²) >= 11 is 2.76. The van der Waals surface area contributed by atoms with Crippen molar-refractivity contribution in [2.45, 2.75) is 34.9 Å². The van der Waals surface area contributed by atoms with Crippen LogP contribution in [0.5, 0.6) is 0 Å². The van der Waals surface area contributed by atoms with E-state index in [-0.39, 0.29) is 17.3 Å². The van der Waals surface area contributed by atoms with E-state index in [9.17, 15) is 14.0 Å². The molecule has 4 rings (SSSR count). The predicted octanol–water partition coefficient (Wildman–Crippen LogP) is 5.85. The van der Waals surface area contributed by atoms with Gasteiger partial charge < -0.3 is 5.32 Å². The number of anilines is 2. The summed E-state index contributed by atoms with van der Waals surface area (Å²) < 4.78 is 14.6. The van der Waals surface area contributed by atoms with Crippen LogP contribution in [-0.4, -0.2) is 21.8 Å². The van der Waals surface area contributed by atoms with Gasteiger partial charge in [0.25, 0.3) is 0 Å². The number of hydrogen-bond donors (Lipinski definition) is 2. The maximum atomic E-state index is 13.8. The lowest BCUT2D eigenvalue weighted by Gasteiger charge is -2.14. The first-order valence-corrected chi connectivity index (χ1v) is 11.2. The monoisotopic (exact) mass is 442 g/mol. The molecular weight excluding hydrogens is 423 g/mol. The molecule has 2 N–H and O–H groups in total. The molecule has 0 spiro atoms. The van der Waals surface area contributed by atoms with Crippen LogP contribution in [0.2, 0.25) is 0 Å². The number of carbonyl (C=O) groups excluding carboxylic acids is 2. The lowest BCUT2D eigenvalue weighted by Crippen LogP contribution is -2.22. The molecule has 1 saturated carbocycles. The van der Waals surface area contributed by atoms with Crippen LogP contribution in [0.25, 0.3) is 0 Å². The molecule has 0 saturated heterocycles. The summed E-state index contributed by atoms with van der Waals surface area (Å²) in [7, 11) is 0. The zero-order valence-corrected chi connectivity index (χ0v) is 17.6. The zero-order chi connectivity index (χ0) is 20.9. The number of benzene rings is 1. The fraction of sp³-hybridized carbons (Fsp3) is 0.238. The van der Waals surface area contributed by atoms with Crippen LogP contribution in [0.4, 0.5) is 20.0 Å². The highest BCUT2D eigenvalue weighted by Crippen LogP contribution is 2.33. The summed E-state index contributed by atoms with van der Waals surface area (Å²) in [5, 5.41) is 6.57. The summed E-state index contributed by atoms with van der Waals surface area (Å²) in [6, 6.07) is 8.94. The Balaban J connectivity index is 1.42. The molecule has 0 aliphatic heterocycles. The minimum Gasteiger partial charge on any atom is -0.307 e. The minimum atomic E-state index is -0.536. The average Bonchev–Trinajstić information content (AvgIpc) is 3.42. The second-order valence-electron chi connectivity index (χ2n) is 6.87. The van der Waals surface area contributed by atoms with Gasteiger partial charge in [-0.25, -0.2) is 19.2 Å². The van der Waals surface area contributed by atoms with Crippen LogP contribution in [0.3, 0.4) is 0 Å². The lowest BCUT2D eigenvalue weighted by molar-refractivity contribution is 0.0923. The molecule has 1 fully saturated rings. The number of nitrogens with one attached hydrogen (secondary N) is 2. The summed E-state index contributed by atoms with van der Waals surface area (Å²) in [5.74, 6) is -0.732. The van der Waals surface area contributed by atoms with Crippen molar-refractivity contribution in [3.05, 3.63) is 60.2 Å². The molecule has 0 atom stereocenters. The van der Waals surface area contributed by atoms with Crippen molar-refractivity contribution >= 4 is 45.7 Å². The number of pyridine rings is 1. The molecule has 0 bridgehead atoms. The molecule has 6 nitrogen and oxygen atoms in total. The number of amides is 2. The van der Waals surface area contributed by atoms with Crippen LogP contribution in [0.1, 0.15) is 36.0 Å². The van der Waals surface area contributed by atoms with Gasteiger partial charge in [-0.3, -0.25) is 10.1 Å². The molecule has 1 aromatic carbocycles. The maximum absolute atomic E-state index is 13.8. The van der Waals surface area contributed by atoms with Gasteiger partial charge in [-0.2, -0.15) is 0 Å². The van der Waals surface area contributed by atoms with Crippen LogP contribution < -0.4 is 10.6 Å². The van der Waals surface area contributed by atoms with Gasteiger partial charge >= 0.3 is 6.03 Å². The van der Waals surface area contributed by atoms with E-state index in [1.165, 1.54) is 41.3 Å². The lowest BCUT2D eigenvalue weighted by atomic mass is 9.95. The molecule has 1 aliphatic rings. The SMILES string of the molecule is O=C(Nc1ncc(Sc2ccccn2)s1)Nc1ccc(F)cc1C(=O)C1CCCC1. The van der Waals surface area contributed by atoms with Crippen LogP contribution in [-0.2, 0) is 0 Å². The molecular formula is C21H19FN4O2S2. The average molecular weight is 443 g/mol. The Bertz CT molecular complexity index is 1050. The summed E-state index contributed by atoms with van der Waals surface area (Å²) in [4.78, 5) is 33.7. The fourth-order valence-electron chi connectivity index (χ4n) is 3.36. The number of thiazole rings is 1.